The van der Waals surface area contributed by atoms with Gasteiger partial charge in [-0.25, -0.2) is 4.98 Å². The summed E-state index contributed by atoms with van der Waals surface area (Å²) >= 11 is 0. The van der Waals surface area contributed by atoms with Crippen LogP contribution in [0.25, 0.3) is 11.4 Å². The van der Waals surface area contributed by atoms with Gasteiger partial charge in [-0.05, 0) is 43.7 Å². The molecule has 1 aliphatic carbocycles. The largest absolute Gasteiger partial charge is 0.481 e. The van der Waals surface area contributed by atoms with Crippen molar-refractivity contribution in [3.63, 3.8) is 0 Å². The highest BCUT2D eigenvalue weighted by Gasteiger charge is 2.44. The van der Waals surface area contributed by atoms with Crippen LogP contribution in [0.3, 0.4) is 0 Å². The number of fused-ring (bicyclic) bond motifs is 1. The van der Waals surface area contributed by atoms with Gasteiger partial charge >= 0.3 is 0 Å². The third-order valence-electron chi connectivity index (χ3n) is 5.35. The first kappa shape index (κ1) is 15.6. The van der Waals surface area contributed by atoms with Crippen molar-refractivity contribution in [3.05, 3.63) is 24.2 Å². The number of aromatic nitrogens is 4. The third-order valence-corrected chi connectivity index (χ3v) is 5.35. The molecule has 6 heteroatoms. The predicted octanol–water partition coefficient (Wildman–Crippen LogP) is 2.16. The molecular formula is C18H25N5O. The van der Waals surface area contributed by atoms with E-state index in [-0.39, 0.29) is 0 Å². The van der Waals surface area contributed by atoms with Gasteiger partial charge in [-0.3, -0.25) is 0 Å². The van der Waals surface area contributed by atoms with Crippen molar-refractivity contribution in [2.24, 2.45) is 18.9 Å². The number of aryl methyl sites for hydroxylation is 1. The van der Waals surface area contributed by atoms with Crippen LogP contribution < -0.4 is 4.74 Å². The Balaban J connectivity index is 1.30. The molecule has 1 aliphatic heterocycles. The molecule has 2 aromatic heterocycles. The lowest BCUT2D eigenvalue weighted by atomic mass is 10.2. The fourth-order valence-electron chi connectivity index (χ4n) is 3.76. The summed E-state index contributed by atoms with van der Waals surface area (Å²) in [5, 5.41) is 8.70. The molecule has 0 spiro atoms. The maximum Gasteiger partial charge on any atom is 0.212 e. The molecule has 2 atom stereocenters. The Morgan fingerprint density at radius 3 is 2.71 bits per heavy atom. The Morgan fingerprint density at radius 2 is 2.00 bits per heavy atom. The van der Waals surface area contributed by atoms with Crippen molar-refractivity contribution in [1.29, 1.82) is 0 Å². The normalized spacial score (nSPS) is 22.6. The number of rotatable bonds is 7. The highest BCUT2D eigenvalue weighted by atomic mass is 16.5. The number of methoxy groups -OCH3 is 1. The number of ether oxygens (including phenoxy) is 1. The molecule has 2 unspecified atom stereocenters. The molecule has 3 heterocycles. The second kappa shape index (κ2) is 6.51. The first-order valence-corrected chi connectivity index (χ1v) is 8.85. The van der Waals surface area contributed by atoms with Crippen LogP contribution in [0.2, 0.25) is 0 Å². The van der Waals surface area contributed by atoms with Crippen molar-refractivity contribution < 1.29 is 4.74 Å². The molecule has 0 N–H and O–H groups in total. The summed E-state index contributed by atoms with van der Waals surface area (Å²) in [5.74, 6) is 4.58. The number of hydrogen-bond acceptors (Lipinski definition) is 5. The Morgan fingerprint density at radius 1 is 1.17 bits per heavy atom. The minimum atomic E-state index is 0.612. The Labute approximate surface area is 142 Å². The Kier molecular flexibility index (Phi) is 4.22. The van der Waals surface area contributed by atoms with Crippen LogP contribution in [0, 0.1) is 11.8 Å². The standard InChI is InChI=1S/C18H25N5O/c1-22-16(5-3-4-8-23-11-14-9-15(14)12-23)20-21-18(22)13-6-7-17(24-2)19-10-13/h6-7,10,14-15H,3-5,8-9,11-12H2,1-2H3. The second-order valence-electron chi connectivity index (χ2n) is 7.06. The van der Waals surface area contributed by atoms with Gasteiger partial charge in [-0.15, -0.1) is 10.2 Å². The molecule has 1 saturated heterocycles. The minimum absolute atomic E-state index is 0.612. The number of hydrogen-bond donors (Lipinski definition) is 0. The monoisotopic (exact) mass is 327 g/mol. The van der Waals surface area contributed by atoms with Crippen LogP contribution in [0.5, 0.6) is 5.88 Å². The molecule has 1 saturated carbocycles. The summed E-state index contributed by atoms with van der Waals surface area (Å²) < 4.78 is 7.18. The van der Waals surface area contributed by atoms with E-state index in [1.54, 1.807) is 13.3 Å². The summed E-state index contributed by atoms with van der Waals surface area (Å²) in [6.07, 6.45) is 6.65. The highest BCUT2D eigenvalue weighted by molar-refractivity contribution is 5.54. The van der Waals surface area contributed by atoms with Gasteiger partial charge in [-0.2, -0.15) is 0 Å². The smallest absolute Gasteiger partial charge is 0.212 e. The number of nitrogens with zero attached hydrogens (tertiary/aromatic N) is 5. The van der Waals surface area contributed by atoms with Gasteiger partial charge in [0, 0.05) is 44.4 Å². The maximum atomic E-state index is 5.10. The summed E-state index contributed by atoms with van der Waals surface area (Å²) in [7, 11) is 3.65. The van der Waals surface area contributed by atoms with Gasteiger partial charge in [0.1, 0.15) is 5.82 Å². The molecule has 2 fully saturated rings. The molecule has 0 amide bonds. The molecule has 2 aromatic rings. The van der Waals surface area contributed by atoms with Crippen LogP contribution >= 0.6 is 0 Å². The lowest BCUT2D eigenvalue weighted by Gasteiger charge is -2.16. The van der Waals surface area contributed by atoms with E-state index in [2.05, 4.69) is 24.6 Å². The van der Waals surface area contributed by atoms with E-state index in [9.17, 15) is 0 Å². The van der Waals surface area contributed by atoms with Gasteiger partial charge in [0.05, 0.1) is 7.11 Å². The summed E-state index contributed by atoms with van der Waals surface area (Å²) in [6.45, 7) is 3.91. The van der Waals surface area contributed by atoms with E-state index in [1.807, 2.05) is 19.2 Å². The van der Waals surface area contributed by atoms with Crippen LogP contribution in [0.15, 0.2) is 18.3 Å². The topological polar surface area (TPSA) is 56.1 Å². The van der Waals surface area contributed by atoms with E-state index in [4.69, 9.17) is 4.74 Å². The van der Waals surface area contributed by atoms with Crippen molar-refractivity contribution in [2.75, 3.05) is 26.7 Å². The lowest BCUT2D eigenvalue weighted by molar-refractivity contribution is 0.297. The number of pyridine rings is 1. The first-order valence-electron chi connectivity index (χ1n) is 8.85. The Bertz CT molecular complexity index is 686. The molecule has 2 aliphatic rings. The zero-order valence-electron chi connectivity index (χ0n) is 14.5. The average Bonchev–Trinajstić information content (AvgIpc) is 3.05. The van der Waals surface area contributed by atoms with Gasteiger partial charge in [0.2, 0.25) is 5.88 Å². The van der Waals surface area contributed by atoms with Crippen LogP contribution in [0.4, 0.5) is 0 Å². The van der Waals surface area contributed by atoms with Crippen molar-refractivity contribution in [3.8, 4) is 17.3 Å². The fraction of sp³-hybridized carbons (Fsp3) is 0.611. The molecular weight excluding hydrogens is 302 g/mol. The highest BCUT2D eigenvalue weighted by Crippen LogP contribution is 2.44. The zero-order chi connectivity index (χ0) is 16.5. The fourth-order valence-corrected chi connectivity index (χ4v) is 3.76. The SMILES string of the molecule is COc1ccc(-c2nnc(CCCCN3CC4CC4C3)n2C)cn1. The van der Waals surface area contributed by atoms with Crippen molar-refractivity contribution in [1.82, 2.24) is 24.6 Å². The van der Waals surface area contributed by atoms with Gasteiger partial charge in [0.25, 0.3) is 0 Å². The van der Waals surface area contributed by atoms with E-state index in [0.29, 0.717) is 5.88 Å². The molecule has 0 bridgehead atoms. The number of piperidine rings is 1. The van der Waals surface area contributed by atoms with Crippen LogP contribution in [-0.2, 0) is 13.5 Å². The van der Waals surface area contributed by atoms with E-state index in [0.717, 1.165) is 35.5 Å². The number of unbranched alkanes of at least 4 members (excludes halogenated alkanes) is 1. The van der Waals surface area contributed by atoms with E-state index < -0.39 is 0 Å². The minimum Gasteiger partial charge on any atom is -0.481 e. The molecule has 128 valence electrons. The zero-order valence-corrected chi connectivity index (χ0v) is 14.5. The molecule has 6 nitrogen and oxygen atoms in total. The van der Waals surface area contributed by atoms with Crippen molar-refractivity contribution >= 4 is 0 Å². The van der Waals surface area contributed by atoms with Gasteiger partial charge < -0.3 is 14.2 Å². The second-order valence-corrected chi connectivity index (χ2v) is 7.06. The van der Waals surface area contributed by atoms with Crippen LogP contribution in [0.1, 0.15) is 25.1 Å². The van der Waals surface area contributed by atoms with Crippen LogP contribution in [-0.4, -0.2) is 51.4 Å². The van der Waals surface area contributed by atoms with E-state index in [1.165, 1.54) is 38.9 Å². The van der Waals surface area contributed by atoms with Crippen molar-refractivity contribution in [2.45, 2.75) is 25.7 Å². The molecule has 24 heavy (non-hydrogen) atoms. The van der Waals surface area contributed by atoms with Gasteiger partial charge in [0.15, 0.2) is 5.82 Å². The third kappa shape index (κ3) is 3.15. The molecule has 0 radical (unpaired) electrons. The summed E-state index contributed by atoms with van der Waals surface area (Å²) in [6, 6.07) is 3.82. The summed E-state index contributed by atoms with van der Waals surface area (Å²) in [4.78, 5) is 6.87. The first-order chi connectivity index (χ1) is 11.7. The quantitative estimate of drug-likeness (QED) is 0.730. The number of likely N-dealkylation sites (tertiary alicyclic amines) is 1. The lowest BCUT2D eigenvalue weighted by Crippen LogP contribution is -2.23. The molecule has 4 rings (SSSR count). The average molecular weight is 327 g/mol. The predicted molar refractivity (Wildman–Crippen MR) is 91.8 cm³/mol. The molecule has 0 aromatic carbocycles. The summed E-state index contributed by atoms with van der Waals surface area (Å²) in [5.41, 5.74) is 0.966. The maximum absolute atomic E-state index is 5.10. The van der Waals surface area contributed by atoms with E-state index >= 15 is 0 Å². The van der Waals surface area contributed by atoms with Gasteiger partial charge in [-0.1, -0.05) is 0 Å². The Hall–Kier alpha value is -1.95.